The first-order valence-electron chi connectivity index (χ1n) is 14.7. The van der Waals surface area contributed by atoms with Crippen LogP contribution in [0, 0.1) is 6.92 Å². The molecule has 1 amide bonds. The van der Waals surface area contributed by atoms with Crippen LogP contribution in [0.1, 0.15) is 48.0 Å². The van der Waals surface area contributed by atoms with Gasteiger partial charge in [-0.2, -0.15) is 13.2 Å². The molecule has 0 saturated carbocycles. The Balaban J connectivity index is 1.50. The molecule has 1 aliphatic heterocycles. The first-order chi connectivity index (χ1) is 21.4. The van der Waals surface area contributed by atoms with Crippen molar-refractivity contribution < 1.29 is 35.9 Å². The van der Waals surface area contributed by atoms with E-state index < -0.39 is 28.7 Å². The number of halogens is 3. The summed E-state index contributed by atoms with van der Waals surface area (Å²) in [6.07, 6.45) is -1.57. The second kappa shape index (κ2) is 13.9. The van der Waals surface area contributed by atoms with Gasteiger partial charge in [-0.05, 0) is 53.8 Å². The van der Waals surface area contributed by atoms with Gasteiger partial charge < -0.3 is 14.8 Å². The summed E-state index contributed by atoms with van der Waals surface area (Å²) in [4.78, 5) is 21.3. The van der Waals surface area contributed by atoms with E-state index in [9.17, 15) is 26.4 Å². The molecule has 0 atom stereocenters. The summed E-state index contributed by atoms with van der Waals surface area (Å²) >= 11 is 0. The number of benzene rings is 2. The first-order valence-corrected chi connectivity index (χ1v) is 16.6. The van der Waals surface area contributed by atoms with E-state index in [2.05, 4.69) is 19.9 Å². The van der Waals surface area contributed by atoms with Crippen LogP contribution >= 0.6 is 0 Å². The summed E-state index contributed by atoms with van der Waals surface area (Å²) in [5, 5.41) is 2.86. The number of nitrogens with one attached hydrogen (secondary N) is 2. The first kappa shape index (κ1) is 35.0. The number of carbonyl (C=O) groups is 1. The smallest absolute Gasteiger partial charge is 0.401 e. The van der Waals surface area contributed by atoms with Gasteiger partial charge in [-0.15, -0.1) is 0 Å². The number of amides is 1. The quantitative estimate of drug-likeness (QED) is 0.280. The van der Waals surface area contributed by atoms with Crippen LogP contribution in [0.2, 0.25) is 0 Å². The molecule has 1 aliphatic rings. The average molecular weight is 664 g/mol. The molecule has 0 radical (unpaired) electrons. The Kier molecular flexibility index (Phi) is 10.5. The molecule has 250 valence electrons. The van der Waals surface area contributed by atoms with E-state index in [1.165, 1.54) is 12.0 Å². The summed E-state index contributed by atoms with van der Waals surface area (Å²) in [6.45, 7) is 8.95. The number of hydrogen-bond donors (Lipinski definition) is 2. The molecule has 3 aromatic rings. The molecule has 0 aliphatic carbocycles. The topological polar surface area (TPSA) is 113 Å². The highest BCUT2D eigenvalue weighted by Crippen LogP contribution is 2.39. The Bertz CT molecular complexity index is 1670. The molecule has 1 aromatic heterocycles. The van der Waals surface area contributed by atoms with Crippen molar-refractivity contribution in [2.45, 2.75) is 45.8 Å². The van der Waals surface area contributed by atoms with Crippen molar-refractivity contribution in [3.63, 3.8) is 0 Å². The molecule has 2 aromatic carbocycles. The number of methoxy groups -OCH3 is 1. The summed E-state index contributed by atoms with van der Waals surface area (Å²) < 4.78 is 76.5. The van der Waals surface area contributed by atoms with E-state index in [0.29, 0.717) is 61.2 Å². The third kappa shape index (κ3) is 9.81. The lowest BCUT2D eigenvalue weighted by molar-refractivity contribution is -0.149. The number of ether oxygens (including phenoxy) is 2. The highest BCUT2D eigenvalue weighted by Gasteiger charge is 2.32. The van der Waals surface area contributed by atoms with Crippen molar-refractivity contribution in [1.82, 2.24) is 14.8 Å². The van der Waals surface area contributed by atoms with Gasteiger partial charge in [0.2, 0.25) is 10.0 Å². The molecule has 10 nitrogen and oxygen atoms in total. The Labute approximate surface area is 267 Å². The lowest BCUT2D eigenvalue weighted by Crippen LogP contribution is -2.48. The van der Waals surface area contributed by atoms with Crippen LogP contribution in [0.25, 0.3) is 0 Å². The normalized spacial score (nSPS) is 15.0. The van der Waals surface area contributed by atoms with Crippen LogP contribution in [0.15, 0.2) is 48.7 Å². The second-order valence-electron chi connectivity index (χ2n) is 12.4. The number of nitrogens with zero attached hydrogens (tertiary/aromatic N) is 3. The molecular formula is C32H40F3N5O5S. The van der Waals surface area contributed by atoms with Crippen LogP contribution in [0.4, 0.5) is 24.5 Å². The fraction of sp³-hybridized carbons (Fsp3) is 0.438. The van der Waals surface area contributed by atoms with Crippen LogP contribution in [-0.2, 0) is 22.0 Å². The fourth-order valence-electron chi connectivity index (χ4n) is 5.02. The van der Waals surface area contributed by atoms with Crippen molar-refractivity contribution >= 4 is 27.3 Å². The molecule has 0 spiro atoms. The van der Waals surface area contributed by atoms with E-state index in [-0.39, 0.29) is 16.9 Å². The van der Waals surface area contributed by atoms with Crippen LogP contribution < -0.4 is 19.5 Å². The van der Waals surface area contributed by atoms with Gasteiger partial charge in [0.25, 0.3) is 5.91 Å². The number of aromatic nitrogens is 1. The minimum absolute atomic E-state index is 0.168. The van der Waals surface area contributed by atoms with Gasteiger partial charge in [0.15, 0.2) is 5.75 Å². The summed E-state index contributed by atoms with van der Waals surface area (Å²) in [5.41, 5.74) is 2.70. The maximum atomic E-state index is 13.5. The predicted molar refractivity (Wildman–Crippen MR) is 171 cm³/mol. The largest absolute Gasteiger partial charge is 0.492 e. The number of hydrogen-bond acceptors (Lipinski definition) is 8. The summed E-state index contributed by atoms with van der Waals surface area (Å²) in [7, 11) is -2.24. The van der Waals surface area contributed by atoms with E-state index in [0.717, 1.165) is 17.4 Å². The predicted octanol–water partition coefficient (Wildman–Crippen LogP) is 5.79. The fourth-order valence-corrected chi connectivity index (χ4v) is 5.57. The Hall–Kier alpha value is -3.88. The number of piperazine rings is 1. The molecular weight excluding hydrogens is 623 g/mol. The zero-order valence-corrected chi connectivity index (χ0v) is 27.6. The van der Waals surface area contributed by atoms with E-state index >= 15 is 0 Å². The maximum absolute atomic E-state index is 13.5. The van der Waals surface area contributed by atoms with Crippen molar-refractivity contribution in [3.8, 4) is 17.2 Å². The van der Waals surface area contributed by atoms with E-state index in [4.69, 9.17) is 9.47 Å². The van der Waals surface area contributed by atoms with Gasteiger partial charge in [0.1, 0.15) is 11.5 Å². The number of sulfonamides is 1. The highest BCUT2D eigenvalue weighted by molar-refractivity contribution is 7.92. The Morgan fingerprint density at radius 1 is 0.978 bits per heavy atom. The molecule has 46 heavy (non-hydrogen) atoms. The van der Waals surface area contributed by atoms with Crippen LogP contribution in [0.3, 0.4) is 0 Å². The van der Waals surface area contributed by atoms with Crippen molar-refractivity contribution in [1.29, 1.82) is 0 Å². The molecule has 1 fully saturated rings. The Morgan fingerprint density at radius 2 is 1.63 bits per heavy atom. The minimum atomic E-state index is -4.21. The zero-order valence-electron chi connectivity index (χ0n) is 26.8. The van der Waals surface area contributed by atoms with Gasteiger partial charge in [0, 0.05) is 50.6 Å². The van der Waals surface area contributed by atoms with Crippen LogP contribution in [-0.4, -0.2) is 81.4 Å². The Morgan fingerprint density at radius 3 is 2.24 bits per heavy atom. The molecule has 1 saturated heterocycles. The monoisotopic (exact) mass is 663 g/mol. The number of anilines is 2. The summed E-state index contributed by atoms with van der Waals surface area (Å²) in [5.74, 6) is 0.652. The van der Waals surface area contributed by atoms with Crippen LogP contribution in [0.5, 0.6) is 17.2 Å². The molecule has 14 heteroatoms. The van der Waals surface area contributed by atoms with Gasteiger partial charge >= 0.3 is 6.18 Å². The van der Waals surface area contributed by atoms with E-state index in [1.54, 1.807) is 48.7 Å². The van der Waals surface area contributed by atoms with Crippen molar-refractivity contribution in [2.24, 2.45) is 0 Å². The minimum Gasteiger partial charge on any atom is -0.492 e. The third-order valence-corrected chi connectivity index (χ3v) is 8.01. The lowest BCUT2D eigenvalue weighted by atomic mass is 9.86. The lowest BCUT2D eigenvalue weighted by Gasteiger charge is -2.34. The summed E-state index contributed by atoms with van der Waals surface area (Å²) in [6, 6.07) is 11.9. The van der Waals surface area contributed by atoms with E-state index in [1.807, 2.05) is 27.7 Å². The number of alkyl halides is 3. The SMILES string of the molecule is COc1c(NC(=O)c2ccc(C)c(Oc3ccnc(CN4CCN(CC(F)(F)F)CC4)c3)c2)cc(C(C)(C)C)cc1NS(C)(=O)=O. The molecule has 4 rings (SSSR count). The van der Waals surface area contributed by atoms with Gasteiger partial charge in [-0.25, -0.2) is 8.42 Å². The standard InChI is InChI=1S/C32H40F3N5O5S/c1-21-7-8-22(30(41)37-26-16-23(31(2,3)4)17-27(29(26)44-5)38-46(6,42)43)15-28(21)45-25-9-10-36-24(18-25)19-39-11-13-40(14-12-39)20-32(33,34)35/h7-10,15-18,38H,11-14,19-20H2,1-6H3,(H,37,41). The van der Waals surface area contributed by atoms with Crippen molar-refractivity contribution in [3.05, 3.63) is 71.0 Å². The molecule has 2 heterocycles. The number of rotatable bonds is 10. The molecule has 0 unspecified atom stereocenters. The number of pyridine rings is 1. The van der Waals surface area contributed by atoms with Gasteiger partial charge in [-0.3, -0.25) is 24.3 Å². The number of aryl methyl sites for hydroxylation is 1. The second-order valence-corrected chi connectivity index (χ2v) is 14.2. The maximum Gasteiger partial charge on any atom is 0.401 e. The molecule has 2 N–H and O–H groups in total. The average Bonchev–Trinajstić information content (AvgIpc) is 2.93. The van der Waals surface area contributed by atoms with Crippen molar-refractivity contribution in [2.75, 3.05) is 56.1 Å². The van der Waals surface area contributed by atoms with Gasteiger partial charge in [0.05, 0.1) is 37.0 Å². The highest BCUT2D eigenvalue weighted by atomic mass is 32.2. The third-order valence-electron chi connectivity index (χ3n) is 7.42. The molecule has 0 bridgehead atoms. The zero-order chi connectivity index (χ0) is 33.9. The number of carbonyl (C=O) groups excluding carboxylic acids is 1. The van der Waals surface area contributed by atoms with Gasteiger partial charge in [-0.1, -0.05) is 26.8 Å².